The zero-order valence-electron chi connectivity index (χ0n) is 10.4. The smallest absolute Gasteiger partial charge is 0.251 e. The van der Waals surface area contributed by atoms with E-state index >= 15 is 0 Å². The Hall–Kier alpha value is -2.30. The lowest BCUT2D eigenvalue weighted by Gasteiger charge is -2.07. The molecule has 2 aromatic rings. The first kappa shape index (κ1) is 12.2. The summed E-state index contributed by atoms with van der Waals surface area (Å²) < 4.78 is 5.19. The number of aromatic nitrogens is 2. The first-order chi connectivity index (χ1) is 8.70. The number of carbonyl (C=O) groups excluding carboxylic acids is 1. The molecule has 0 fully saturated rings. The van der Waals surface area contributed by atoms with Crippen LogP contribution in [0.2, 0.25) is 0 Å². The van der Waals surface area contributed by atoms with Gasteiger partial charge in [0, 0.05) is 18.0 Å². The van der Waals surface area contributed by atoms with Gasteiger partial charge in [-0.15, -0.1) is 0 Å². The Labute approximate surface area is 105 Å². The number of aromatic amines is 1. The molecule has 2 rings (SSSR count). The summed E-state index contributed by atoms with van der Waals surface area (Å²) in [5, 5.41) is 2.78. The van der Waals surface area contributed by atoms with Gasteiger partial charge in [0.25, 0.3) is 5.91 Å². The van der Waals surface area contributed by atoms with E-state index in [0.29, 0.717) is 17.9 Å². The van der Waals surface area contributed by atoms with E-state index in [9.17, 15) is 4.79 Å². The van der Waals surface area contributed by atoms with Crippen LogP contribution in [0.1, 0.15) is 21.7 Å². The van der Waals surface area contributed by atoms with E-state index < -0.39 is 0 Å². The van der Waals surface area contributed by atoms with Gasteiger partial charge in [-0.3, -0.25) is 4.79 Å². The third-order valence-electron chi connectivity index (χ3n) is 2.64. The zero-order chi connectivity index (χ0) is 13.0. The van der Waals surface area contributed by atoms with Crippen molar-refractivity contribution in [1.82, 2.24) is 15.3 Å². The van der Waals surface area contributed by atoms with Crippen molar-refractivity contribution in [2.75, 3.05) is 7.11 Å². The topological polar surface area (TPSA) is 67.0 Å². The van der Waals surface area contributed by atoms with Gasteiger partial charge in [0.1, 0.15) is 11.6 Å². The number of nitrogens with one attached hydrogen (secondary N) is 2. The lowest BCUT2D eigenvalue weighted by Crippen LogP contribution is -2.23. The third-order valence-corrected chi connectivity index (χ3v) is 2.64. The lowest BCUT2D eigenvalue weighted by molar-refractivity contribution is 0.0949. The fraction of sp³-hybridized carbons (Fsp3) is 0.231. The van der Waals surface area contributed by atoms with Crippen LogP contribution in [0.5, 0.6) is 5.75 Å². The van der Waals surface area contributed by atoms with Crippen LogP contribution in [0.4, 0.5) is 0 Å². The molecule has 1 amide bonds. The van der Waals surface area contributed by atoms with E-state index in [4.69, 9.17) is 4.74 Å². The molecule has 1 heterocycles. The zero-order valence-corrected chi connectivity index (χ0v) is 10.4. The maximum absolute atomic E-state index is 11.9. The van der Waals surface area contributed by atoms with E-state index in [2.05, 4.69) is 15.3 Å². The number of carbonyl (C=O) groups is 1. The minimum absolute atomic E-state index is 0.148. The van der Waals surface area contributed by atoms with Gasteiger partial charge in [-0.2, -0.15) is 0 Å². The highest BCUT2D eigenvalue weighted by molar-refractivity contribution is 5.94. The minimum atomic E-state index is -0.148. The van der Waals surface area contributed by atoms with Crippen molar-refractivity contribution in [3.05, 3.63) is 47.5 Å². The number of ether oxygens (including phenoxy) is 1. The second-order valence-electron chi connectivity index (χ2n) is 3.90. The number of benzene rings is 1. The normalized spacial score (nSPS) is 10.1. The van der Waals surface area contributed by atoms with Crippen molar-refractivity contribution in [1.29, 1.82) is 0 Å². The molecule has 0 unspecified atom stereocenters. The summed E-state index contributed by atoms with van der Waals surface area (Å²) in [4.78, 5) is 18.9. The summed E-state index contributed by atoms with van der Waals surface area (Å²) in [6, 6.07) is 5.36. The van der Waals surface area contributed by atoms with Crippen molar-refractivity contribution in [2.24, 2.45) is 0 Å². The Morgan fingerprint density at radius 3 is 3.00 bits per heavy atom. The van der Waals surface area contributed by atoms with E-state index in [1.807, 2.05) is 13.0 Å². The number of rotatable bonds is 4. The predicted molar refractivity (Wildman–Crippen MR) is 67.5 cm³/mol. The molecule has 0 aliphatic rings. The molecule has 0 spiro atoms. The number of nitrogens with zero attached hydrogens (tertiary/aromatic N) is 1. The lowest BCUT2D eigenvalue weighted by atomic mass is 10.1. The maximum Gasteiger partial charge on any atom is 0.251 e. The van der Waals surface area contributed by atoms with Crippen molar-refractivity contribution >= 4 is 5.91 Å². The highest BCUT2D eigenvalue weighted by Crippen LogP contribution is 2.18. The number of H-pyrrole nitrogens is 1. The average Bonchev–Trinajstić information content (AvgIpc) is 2.89. The van der Waals surface area contributed by atoms with Crippen LogP contribution < -0.4 is 10.1 Å². The summed E-state index contributed by atoms with van der Waals surface area (Å²) in [7, 11) is 1.59. The predicted octanol–water partition coefficient (Wildman–Crippen LogP) is 1.66. The summed E-state index contributed by atoms with van der Waals surface area (Å²) in [5.74, 6) is 1.28. The second-order valence-corrected chi connectivity index (χ2v) is 3.90. The second kappa shape index (κ2) is 5.35. The molecule has 2 N–H and O–H groups in total. The number of methoxy groups -OCH3 is 1. The van der Waals surface area contributed by atoms with E-state index in [-0.39, 0.29) is 5.91 Å². The van der Waals surface area contributed by atoms with Crippen LogP contribution >= 0.6 is 0 Å². The average molecular weight is 245 g/mol. The Balaban J connectivity index is 2.04. The van der Waals surface area contributed by atoms with E-state index in [0.717, 1.165) is 11.4 Å². The van der Waals surface area contributed by atoms with E-state index in [1.165, 1.54) is 0 Å². The number of aryl methyl sites for hydroxylation is 1. The molecule has 0 aliphatic heterocycles. The Kier molecular flexibility index (Phi) is 3.62. The maximum atomic E-state index is 11.9. The highest BCUT2D eigenvalue weighted by atomic mass is 16.5. The fourth-order valence-electron chi connectivity index (χ4n) is 1.62. The monoisotopic (exact) mass is 245 g/mol. The fourth-order valence-corrected chi connectivity index (χ4v) is 1.62. The number of amides is 1. The largest absolute Gasteiger partial charge is 0.496 e. The molecule has 0 radical (unpaired) electrons. The molecule has 0 bridgehead atoms. The van der Waals surface area contributed by atoms with Gasteiger partial charge in [-0.05, 0) is 24.6 Å². The van der Waals surface area contributed by atoms with Crippen LogP contribution in [0.3, 0.4) is 0 Å². The SMILES string of the molecule is COc1cc(C(=O)NCc2ncc[nH]2)ccc1C. The molecule has 0 saturated carbocycles. The standard InChI is InChI=1S/C13H15N3O2/c1-9-3-4-10(7-11(9)18-2)13(17)16-8-12-14-5-6-15-12/h3-7H,8H2,1-2H3,(H,14,15)(H,16,17). The molecule has 0 saturated heterocycles. The van der Waals surface area contributed by atoms with Gasteiger partial charge in [0.2, 0.25) is 0 Å². The van der Waals surface area contributed by atoms with Crippen molar-refractivity contribution < 1.29 is 9.53 Å². The number of imidazole rings is 1. The van der Waals surface area contributed by atoms with E-state index in [1.54, 1.807) is 31.6 Å². The van der Waals surface area contributed by atoms with Gasteiger partial charge in [-0.25, -0.2) is 4.98 Å². The van der Waals surface area contributed by atoms with Crippen LogP contribution in [0.25, 0.3) is 0 Å². The van der Waals surface area contributed by atoms with Crippen LogP contribution in [-0.4, -0.2) is 23.0 Å². The summed E-state index contributed by atoms with van der Waals surface area (Å²) >= 11 is 0. The molecular formula is C13H15N3O2. The molecule has 1 aromatic heterocycles. The van der Waals surface area contributed by atoms with Crippen LogP contribution in [0.15, 0.2) is 30.6 Å². The summed E-state index contributed by atoms with van der Waals surface area (Å²) in [6.07, 6.45) is 3.37. The molecule has 94 valence electrons. The molecule has 5 nitrogen and oxygen atoms in total. The Morgan fingerprint density at radius 2 is 2.33 bits per heavy atom. The molecule has 18 heavy (non-hydrogen) atoms. The minimum Gasteiger partial charge on any atom is -0.496 e. The summed E-state index contributed by atoms with van der Waals surface area (Å²) in [6.45, 7) is 2.31. The highest BCUT2D eigenvalue weighted by Gasteiger charge is 2.08. The number of hydrogen-bond acceptors (Lipinski definition) is 3. The first-order valence-electron chi connectivity index (χ1n) is 5.62. The van der Waals surface area contributed by atoms with Gasteiger partial charge >= 0.3 is 0 Å². The van der Waals surface area contributed by atoms with Crippen LogP contribution in [-0.2, 0) is 6.54 Å². The van der Waals surface area contributed by atoms with Crippen molar-refractivity contribution in [2.45, 2.75) is 13.5 Å². The molecule has 5 heteroatoms. The number of hydrogen-bond donors (Lipinski definition) is 2. The quantitative estimate of drug-likeness (QED) is 0.860. The third kappa shape index (κ3) is 2.68. The molecular weight excluding hydrogens is 230 g/mol. The van der Waals surface area contributed by atoms with Gasteiger partial charge in [-0.1, -0.05) is 6.07 Å². The van der Waals surface area contributed by atoms with Crippen LogP contribution in [0, 0.1) is 6.92 Å². The first-order valence-corrected chi connectivity index (χ1v) is 5.62. The van der Waals surface area contributed by atoms with Gasteiger partial charge in [0.15, 0.2) is 0 Å². The summed E-state index contributed by atoms with van der Waals surface area (Å²) in [5.41, 5.74) is 1.57. The Morgan fingerprint density at radius 1 is 1.50 bits per heavy atom. The van der Waals surface area contributed by atoms with Crippen molar-refractivity contribution in [3.8, 4) is 5.75 Å². The molecule has 1 aromatic carbocycles. The Bertz CT molecular complexity index is 535. The molecule has 0 atom stereocenters. The molecule has 0 aliphatic carbocycles. The van der Waals surface area contributed by atoms with Gasteiger partial charge < -0.3 is 15.0 Å². The van der Waals surface area contributed by atoms with Crippen molar-refractivity contribution in [3.63, 3.8) is 0 Å². The van der Waals surface area contributed by atoms with Gasteiger partial charge in [0.05, 0.1) is 13.7 Å².